The monoisotopic (exact) mass is 358 g/mol. The number of carbonyl (C=O) groups excluding carboxylic acids is 2. The van der Waals surface area contributed by atoms with E-state index in [1.165, 1.54) is 0 Å². The summed E-state index contributed by atoms with van der Waals surface area (Å²) in [4.78, 5) is 25.1. The van der Waals surface area contributed by atoms with Crippen LogP contribution in [0.4, 0.5) is 11.4 Å². The molecule has 0 aromatic heterocycles. The predicted molar refractivity (Wildman–Crippen MR) is 104 cm³/mol. The first-order valence-electron chi connectivity index (χ1n) is 9.75. The van der Waals surface area contributed by atoms with E-state index < -0.39 is 0 Å². The highest BCUT2D eigenvalue weighted by atomic mass is 16.2. The van der Waals surface area contributed by atoms with Gasteiger partial charge in [0, 0.05) is 23.9 Å². The molecule has 3 rings (SSSR count). The molecule has 6 N–H and O–H groups in total. The van der Waals surface area contributed by atoms with E-state index in [1.54, 1.807) is 0 Å². The molecule has 0 radical (unpaired) electrons. The number of carbonyl (C=O) groups is 2. The lowest BCUT2D eigenvalue weighted by Crippen LogP contribution is -2.33. The van der Waals surface area contributed by atoms with Gasteiger partial charge in [-0.25, -0.2) is 0 Å². The Morgan fingerprint density at radius 2 is 1.04 bits per heavy atom. The lowest BCUT2D eigenvalue weighted by atomic mass is 9.85. The van der Waals surface area contributed by atoms with Gasteiger partial charge in [0.2, 0.25) is 11.8 Å². The van der Waals surface area contributed by atoms with Crippen LogP contribution in [0, 0.1) is 11.8 Å². The zero-order valence-electron chi connectivity index (χ0n) is 15.2. The molecular formula is C20H30N4O2. The smallest absolute Gasteiger partial charge is 0.227 e. The lowest BCUT2D eigenvalue weighted by Gasteiger charge is -2.26. The van der Waals surface area contributed by atoms with Crippen LogP contribution in [0.3, 0.4) is 0 Å². The van der Waals surface area contributed by atoms with Crippen LogP contribution in [0.5, 0.6) is 0 Å². The fourth-order valence-electron chi connectivity index (χ4n) is 3.93. The fourth-order valence-corrected chi connectivity index (χ4v) is 3.93. The van der Waals surface area contributed by atoms with Crippen molar-refractivity contribution < 1.29 is 9.59 Å². The van der Waals surface area contributed by atoms with Crippen molar-refractivity contribution in [2.45, 2.75) is 63.5 Å². The summed E-state index contributed by atoms with van der Waals surface area (Å²) >= 11 is 0. The fraction of sp³-hybridized carbons (Fsp3) is 0.600. The highest BCUT2D eigenvalue weighted by molar-refractivity contribution is 6.00. The van der Waals surface area contributed by atoms with Gasteiger partial charge in [0.05, 0.1) is 11.4 Å². The number of amides is 2. The number of para-hydroxylation sites is 2. The molecule has 1 aromatic rings. The molecule has 2 saturated carbocycles. The van der Waals surface area contributed by atoms with Gasteiger partial charge in [0.25, 0.3) is 0 Å². The molecule has 0 aliphatic heterocycles. The van der Waals surface area contributed by atoms with Gasteiger partial charge in [-0.1, -0.05) is 12.1 Å². The molecule has 2 fully saturated rings. The highest BCUT2D eigenvalue weighted by Gasteiger charge is 2.27. The first-order valence-corrected chi connectivity index (χ1v) is 9.75. The van der Waals surface area contributed by atoms with Gasteiger partial charge in [0.1, 0.15) is 0 Å². The van der Waals surface area contributed by atoms with Crippen molar-refractivity contribution in [2.24, 2.45) is 23.3 Å². The maximum atomic E-state index is 12.6. The summed E-state index contributed by atoms with van der Waals surface area (Å²) in [5.41, 5.74) is 13.2. The van der Waals surface area contributed by atoms with Crippen molar-refractivity contribution in [3.8, 4) is 0 Å². The molecule has 0 atom stereocenters. The Bertz CT molecular complexity index is 577. The maximum Gasteiger partial charge on any atom is 0.227 e. The van der Waals surface area contributed by atoms with Gasteiger partial charge in [-0.15, -0.1) is 0 Å². The minimum atomic E-state index is -0.00149. The van der Waals surface area contributed by atoms with E-state index in [0.717, 1.165) is 51.4 Å². The Kier molecular flexibility index (Phi) is 6.27. The highest BCUT2D eigenvalue weighted by Crippen LogP contribution is 2.29. The summed E-state index contributed by atoms with van der Waals surface area (Å²) in [6, 6.07) is 7.82. The van der Waals surface area contributed by atoms with E-state index in [1.807, 2.05) is 24.3 Å². The van der Waals surface area contributed by atoms with E-state index in [-0.39, 0.29) is 35.7 Å². The summed E-state index contributed by atoms with van der Waals surface area (Å²) in [6.45, 7) is 0. The third-order valence-electron chi connectivity index (χ3n) is 5.73. The molecule has 0 spiro atoms. The van der Waals surface area contributed by atoms with Crippen molar-refractivity contribution in [1.82, 2.24) is 0 Å². The molecule has 1 aromatic carbocycles. The van der Waals surface area contributed by atoms with Crippen molar-refractivity contribution in [2.75, 3.05) is 10.6 Å². The first kappa shape index (κ1) is 18.9. The van der Waals surface area contributed by atoms with Crippen molar-refractivity contribution in [1.29, 1.82) is 0 Å². The van der Waals surface area contributed by atoms with E-state index in [9.17, 15) is 9.59 Å². The molecule has 6 nitrogen and oxygen atoms in total. The third-order valence-corrected chi connectivity index (χ3v) is 5.73. The lowest BCUT2D eigenvalue weighted by molar-refractivity contribution is -0.121. The molecule has 0 unspecified atom stereocenters. The molecule has 2 aliphatic rings. The second-order valence-electron chi connectivity index (χ2n) is 7.75. The second kappa shape index (κ2) is 8.64. The quantitative estimate of drug-likeness (QED) is 0.663. The largest absolute Gasteiger partial charge is 0.328 e. The normalized spacial score (nSPS) is 29.0. The van der Waals surface area contributed by atoms with Crippen LogP contribution in [0.25, 0.3) is 0 Å². The average Bonchev–Trinajstić information content (AvgIpc) is 2.64. The standard InChI is InChI=1S/C20H30N4O2/c21-15-9-5-13(6-10-15)19(25)23-17-3-1-2-4-18(17)24-20(26)14-7-11-16(22)12-8-14/h1-4,13-16H,5-12,21-22H2,(H,23,25)(H,24,26). The zero-order valence-corrected chi connectivity index (χ0v) is 15.2. The van der Waals surface area contributed by atoms with Crippen LogP contribution in [0.1, 0.15) is 51.4 Å². The Morgan fingerprint density at radius 3 is 1.38 bits per heavy atom. The molecule has 142 valence electrons. The van der Waals surface area contributed by atoms with Gasteiger partial charge in [-0.05, 0) is 63.5 Å². The summed E-state index contributed by atoms with van der Waals surface area (Å²) in [7, 11) is 0. The van der Waals surface area contributed by atoms with E-state index in [4.69, 9.17) is 11.5 Å². The van der Waals surface area contributed by atoms with Crippen LogP contribution in [0.15, 0.2) is 24.3 Å². The molecule has 26 heavy (non-hydrogen) atoms. The molecule has 0 bridgehead atoms. The minimum absolute atomic E-state index is 0.00149. The van der Waals surface area contributed by atoms with Crippen molar-refractivity contribution in [3.63, 3.8) is 0 Å². The Balaban J connectivity index is 1.61. The molecular weight excluding hydrogens is 328 g/mol. The molecule has 2 aliphatic carbocycles. The Morgan fingerprint density at radius 1 is 0.692 bits per heavy atom. The number of anilines is 2. The summed E-state index contributed by atoms with van der Waals surface area (Å²) in [5.74, 6) is 0.0289. The van der Waals surface area contributed by atoms with Gasteiger partial charge in [0.15, 0.2) is 0 Å². The topological polar surface area (TPSA) is 110 Å². The second-order valence-corrected chi connectivity index (χ2v) is 7.75. The van der Waals surface area contributed by atoms with Crippen molar-refractivity contribution >= 4 is 23.2 Å². The van der Waals surface area contributed by atoms with Gasteiger partial charge in [-0.3, -0.25) is 9.59 Å². The number of nitrogens with two attached hydrogens (primary N) is 2. The van der Waals surface area contributed by atoms with E-state index in [0.29, 0.717) is 11.4 Å². The Hall–Kier alpha value is -1.92. The van der Waals surface area contributed by atoms with Crippen LogP contribution >= 0.6 is 0 Å². The number of nitrogens with one attached hydrogen (secondary N) is 2. The summed E-state index contributed by atoms with van der Waals surface area (Å²) < 4.78 is 0. The summed E-state index contributed by atoms with van der Waals surface area (Å²) in [5, 5.41) is 5.99. The average molecular weight is 358 g/mol. The summed E-state index contributed by atoms with van der Waals surface area (Å²) in [6.07, 6.45) is 6.85. The van der Waals surface area contributed by atoms with Gasteiger partial charge < -0.3 is 22.1 Å². The molecule has 0 saturated heterocycles. The molecule has 2 amide bonds. The van der Waals surface area contributed by atoms with E-state index in [2.05, 4.69) is 10.6 Å². The SMILES string of the molecule is NC1CCC(C(=O)Nc2ccccc2NC(=O)C2CCC(N)CC2)CC1. The Labute approximate surface area is 155 Å². The number of hydrogen-bond acceptors (Lipinski definition) is 4. The predicted octanol–water partition coefficient (Wildman–Crippen LogP) is 2.60. The molecule has 6 heteroatoms. The van der Waals surface area contributed by atoms with Crippen LogP contribution in [-0.4, -0.2) is 23.9 Å². The molecule has 0 heterocycles. The number of rotatable bonds is 4. The number of hydrogen-bond donors (Lipinski definition) is 4. The van der Waals surface area contributed by atoms with Crippen LogP contribution in [-0.2, 0) is 9.59 Å². The third kappa shape index (κ3) is 4.83. The first-order chi connectivity index (χ1) is 12.5. The van der Waals surface area contributed by atoms with Crippen LogP contribution < -0.4 is 22.1 Å². The van der Waals surface area contributed by atoms with Gasteiger partial charge >= 0.3 is 0 Å². The van der Waals surface area contributed by atoms with Crippen molar-refractivity contribution in [3.05, 3.63) is 24.3 Å². The van der Waals surface area contributed by atoms with Crippen LogP contribution in [0.2, 0.25) is 0 Å². The minimum Gasteiger partial charge on any atom is -0.328 e. The maximum absolute atomic E-state index is 12.6. The van der Waals surface area contributed by atoms with Gasteiger partial charge in [-0.2, -0.15) is 0 Å². The number of benzene rings is 1. The zero-order chi connectivity index (χ0) is 18.5. The van der Waals surface area contributed by atoms with E-state index >= 15 is 0 Å².